The number of amides is 1. The van der Waals surface area contributed by atoms with Gasteiger partial charge in [0.25, 0.3) is 5.91 Å². The molecule has 4 aromatic rings. The van der Waals surface area contributed by atoms with Crippen LogP contribution in [0, 0.1) is 13.8 Å². The number of fused-ring (bicyclic) bond motifs is 2. The van der Waals surface area contributed by atoms with E-state index in [1.54, 1.807) is 28.9 Å². The molecule has 3 heterocycles. The molecule has 6 rings (SSSR count). The van der Waals surface area contributed by atoms with E-state index in [-0.39, 0.29) is 29.4 Å². The number of hydrazone groups is 1. The molecule has 0 fully saturated rings. The zero-order chi connectivity index (χ0) is 24.8. The highest BCUT2D eigenvalue weighted by atomic mass is 16.5. The van der Waals surface area contributed by atoms with Crippen molar-refractivity contribution in [3.8, 4) is 11.6 Å². The predicted octanol–water partition coefficient (Wildman–Crippen LogP) is 4.92. The quantitative estimate of drug-likeness (QED) is 0.394. The smallest absolute Gasteiger partial charge is 0.281 e. The highest BCUT2D eigenvalue weighted by molar-refractivity contribution is 6.45. The first-order chi connectivity index (χ1) is 17.5. The number of Topliss-reactive ketones (excluding diaryl/α,β-unsaturated/α-hetero) is 1. The third kappa shape index (κ3) is 3.44. The van der Waals surface area contributed by atoms with Gasteiger partial charge in [-0.05, 0) is 38.1 Å². The Morgan fingerprint density at radius 1 is 0.861 bits per heavy atom. The predicted molar refractivity (Wildman–Crippen MR) is 138 cm³/mol. The summed E-state index contributed by atoms with van der Waals surface area (Å²) in [7, 11) is 0. The summed E-state index contributed by atoms with van der Waals surface area (Å²) in [4.78, 5) is 27.9. The Morgan fingerprint density at radius 3 is 2.17 bits per heavy atom. The van der Waals surface area contributed by atoms with E-state index < -0.39 is 0 Å². The fraction of sp³-hybridized carbons (Fsp3) is 0.103. The average molecular weight is 475 g/mol. The van der Waals surface area contributed by atoms with Gasteiger partial charge in [0.15, 0.2) is 5.78 Å². The van der Waals surface area contributed by atoms with E-state index in [4.69, 9.17) is 9.84 Å². The van der Waals surface area contributed by atoms with Gasteiger partial charge in [-0.1, -0.05) is 66.2 Å². The highest BCUT2D eigenvalue weighted by Gasteiger charge is 2.41. The van der Waals surface area contributed by atoms with E-state index in [0.717, 1.165) is 11.3 Å². The van der Waals surface area contributed by atoms with Crippen molar-refractivity contribution >= 4 is 28.7 Å². The van der Waals surface area contributed by atoms with Gasteiger partial charge in [0.05, 0.1) is 33.8 Å². The molecule has 7 heteroatoms. The van der Waals surface area contributed by atoms with Gasteiger partial charge >= 0.3 is 0 Å². The second-order valence-corrected chi connectivity index (χ2v) is 8.75. The van der Waals surface area contributed by atoms with Gasteiger partial charge in [0.2, 0.25) is 5.88 Å². The summed E-state index contributed by atoms with van der Waals surface area (Å²) in [6, 6.07) is 26.0. The van der Waals surface area contributed by atoms with Crippen LogP contribution in [0.3, 0.4) is 0 Å². The van der Waals surface area contributed by atoms with Crippen LogP contribution in [-0.4, -0.2) is 33.8 Å². The zero-order valence-electron chi connectivity index (χ0n) is 19.8. The van der Waals surface area contributed by atoms with E-state index in [1.807, 2.05) is 74.5 Å². The number of anilines is 1. The summed E-state index contributed by atoms with van der Waals surface area (Å²) in [5.74, 6) is -0.226. The molecule has 0 N–H and O–H groups in total. The van der Waals surface area contributed by atoms with Crippen molar-refractivity contribution in [1.29, 1.82) is 0 Å². The number of ether oxygens (including phenoxy) is 1. The first-order valence-electron chi connectivity index (χ1n) is 11.6. The zero-order valence-corrected chi connectivity index (χ0v) is 19.8. The first-order valence-corrected chi connectivity index (χ1v) is 11.6. The van der Waals surface area contributed by atoms with Crippen LogP contribution in [0.2, 0.25) is 0 Å². The molecule has 0 bridgehead atoms. The van der Waals surface area contributed by atoms with Crippen molar-refractivity contribution < 1.29 is 14.3 Å². The molecule has 0 atom stereocenters. The number of aromatic nitrogens is 2. The van der Waals surface area contributed by atoms with Crippen LogP contribution in [0.1, 0.15) is 27.2 Å². The van der Waals surface area contributed by atoms with E-state index in [2.05, 4.69) is 5.10 Å². The maximum atomic E-state index is 14.1. The Kier molecular flexibility index (Phi) is 5.11. The van der Waals surface area contributed by atoms with Crippen molar-refractivity contribution in [3.63, 3.8) is 0 Å². The molecule has 36 heavy (non-hydrogen) atoms. The topological polar surface area (TPSA) is 76.8 Å². The summed E-state index contributed by atoms with van der Waals surface area (Å²) in [6.07, 6.45) is 0. The second kappa shape index (κ2) is 8.46. The Labute approximate surface area is 207 Å². The normalized spacial score (nSPS) is 14.7. The molecule has 176 valence electrons. The van der Waals surface area contributed by atoms with Gasteiger partial charge in [0.1, 0.15) is 12.3 Å². The largest absolute Gasteiger partial charge is 0.471 e. The van der Waals surface area contributed by atoms with Crippen LogP contribution in [0.4, 0.5) is 5.69 Å². The van der Waals surface area contributed by atoms with Gasteiger partial charge in [0, 0.05) is 5.56 Å². The molecule has 0 spiro atoms. The molecule has 0 saturated heterocycles. The SMILES string of the molecule is Cc1ccc(C(=O)C2=C3C(=O)N(c4ccccc4)N=C3COc3c2c(C)nn3-c2ccccc2)cc1. The molecular weight excluding hydrogens is 452 g/mol. The maximum Gasteiger partial charge on any atom is 0.281 e. The molecule has 0 unspecified atom stereocenters. The minimum atomic E-state index is -0.366. The number of para-hydroxylation sites is 2. The number of hydrogen-bond acceptors (Lipinski definition) is 5. The third-order valence-electron chi connectivity index (χ3n) is 6.32. The van der Waals surface area contributed by atoms with Gasteiger partial charge < -0.3 is 4.74 Å². The van der Waals surface area contributed by atoms with E-state index in [9.17, 15) is 9.59 Å². The minimum absolute atomic E-state index is 0.0278. The van der Waals surface area contributed by atoms with Gasteiger partial charge in [-0.3, -0.25) is 9.59 Å². The second-order valence-electron chi connectivity index (χ2n) is 8.75. The molecule has 3 aromatic carbocycles. The van der Waals surface area contributed by atoms with Crippen LogP contribution in [0.15, 0.2) is 95.6 Å². The molecule has 2 aliphatic heterocycles. The van der Waals surface area contributed by atoms with Crippen molar-refractivity contribution in [3.05, 3.63) is 113 Å². The number of benzene rings is 3. The number of aryl methyl sites for hydroxylation is 2. The van der Waals surface area contributed by atoms with Crippen molar-refractivity contribution in [2.75, 3.05) is 11.6 Å². The summed E-state index contributed by atoms with van der Waals surface area (Å²) >= 11 is 0. The van der Waals surface area contributed by atoms with Gasteiger partial charge in [-0.15, -0.1) is 0 Å². The average Bonchev–Trinajstić information content (AvgIpc) is 3.34. The summed E-state index contributed by atoms with van der Waals surface area (Å²) in [6.45, 7) is 3.81. The fourth-order valence-electron chi connectivity index (χ4n) is 4.55. The Balaban J connectivity index is 1.59. The minimum Gasteiger partial charge on any atom is -0.471 e. The van der Waals surface area contributed by atoms with Crippen LogP contribution in [0.5, 0.6) is 5.88 Å². The van der Waals surface area contributed by atoms with E-state index in [0.29, 0.717) is 34.1 Å². The van der Waals surface area contributed by atoms with Gasteiger partial charge in [-0.25, -0.2) is 4.68 Å². The third-order valence-corrected chi connectivity index (χ3v) is 6.32. The molecule has 0 radical (unpaired) electrons. The monoisotopic (exact) mass is 474 g/mol. The fourth-order valence-corrected chi connectivity index (χ4v) is 4.55. The summed E-state index contributed by atoms with van der Waals surface area (Å²) in [5, 5.41) is 10.6. The number of nitrogens with zero attached hydrogens (tertiary/aromatic N) is 4. The number of rotatable bonds is 4. The van der Waals surface area contributed by atoms with Crippen molar-refractivity contribution in [2.45, 2.75) is 13.8 Å². The number of ketones is 1. The Bertz CT molecular complexity index is 1570. The van der Waals surface area contributed by atoms with Crippen molar-refractivity contribution in [1.82, 2.24) is 9.78 Å². The van der Waals surface area contributed by atoms with Gasteiger partial charge in [-0.2, -0.15) is 15.2 Å². The molecule has 0 aliphatic carbocycles. The number of carbonyl (C=O) groups is 2. The van der Waals surface area contributed by atoms with Crippen LogP contribution >= 0.6 is 0 Å². The molecular formula is C29H22N4O3. The van der Waals surface area contributed by atoms with Crippen LogP contribution < -0.4 is 9.75 Å². The molecule has 7 nitrogen and oxygen atoms in total. The molecule has 1 amide bonds. The number of allylic oxidation sites excluding steroid dienone is 1. The lowest BCUT2D eigenvalue weighted by molar-refractivity contribution is -0.114. The summed E-state index contributed by atoms with van der Waals surface area (Å²) < 4.78 is 7.91. The maximum absolute atomic E-state index is 14.1. The Morgan fingerprint density at radius 2 is 1.50 bits per heavy atom. The summed E-state index contributed by atoms with van der Waals surface area (Å²) in [5.41, 5.74) is 4.94. The highest BCUT2D eigenvalue weighted by Crippen LogP contribution is 2.40. The lowest BCUT2D eigenvalue weighted by Crippen LogP contribution is -2.23. The lowest BCUT2D eigenvalue weighted by atomic mass is 9.90. The molecule has 1 aromatic heterocycles. The van der Waals surface area contributed by atoms with Crippen molar-refractivity contribution in [2.24, 2.45) is 5.10 Å². The standard InChI is InChI=1S/C29H22N4O3/c1-18-13-15-20(16-14-18)27(34)26-24-19(2)30-33(22-11-7-4-8-12-22)29(24)36-17-23-25(26)28(35)32(31-23)21-9-5-3-6-10-21/h3-16H,17H2,1-2H3. The number of hydrogen-bond donors (Lipinski definition) is 0. The lowest BCUT2D eigenvalue weighted by Gasteiger charge is -2.14. The molecule has 2 aliphatic rings. The molecule has 0 saturated carbocycles. The Hall–Kier alpha value is -4.78. The first kappa shape index (κ1) is 21.7. The van der Waals surface area contributed by atoms with Crippen LogP contribution in [-0.2, 0) is 4.79 Å². The van der Waals surface area contributed by atoms with E-state index in [1.165, 1.54) is 5.01 Å². The van der Waals surface area contributed by atoms with Crippen LogP contribution in [0.25, 0.3) is 11.3 Å². The van der Waals surface area contributed by atoms with E-state index >= 15 is 0 Å². The number of carbonyl (C=O) groups excluding carboxylic acids is 2.